The highest BCUT2D eigenvalue weighted by Gasteiger charge is 2.08. The molecule has 5 heteroatoms. The molecule has 0 amide bonds. The minimum atomic E-state index is -0.994. The minimum Gasteiger partial charge on any atom is -0.493 e. The summed E-state index contributed by atoms with van der Waals surface area (Å²) in [6.07, 6.45) is 0. The van der Waals surface area contributed by atoms with Crippen LogP contribution in [0.1, 0.15) is 24.2 Å². The third kappa shape index (κ3) is 3.76. The minimum absolute atomic E-state index is 0.165. The highest BCUT2D eigenvalue weighted by Crippen LogP contribution is 2.29. The molecule has 1 aromatic rings. The van der Waals surface area contributed by atoms with Crippen molar-refractivity contribution in [1.29, 1.82) is 0 Å². The average molecular weight is 230 g/mol. The molecule has 0 aliphatic rings. The number of carbonyl (C=O) groups is 1. The van der Waals surface area contributed by atoms with Crippen molar-refractivity contribution in [3.8, 4) is 11.5 Å². The summed E-state index contributed by atoms with van der Waals surface area (Å²) in [4.78, 5) is 10.6. The summed E-state index contributed by atoms with van der Waals surface area (Å²) in [6.45, 7) is 4.00. The average Bonchev–Trinajstić information content (AvgIpc) is 2.30. The normalized spacial score (nSPS) is 8.53. The summed E-state index contributed by atoms with van der Waals surface area (Å²) in [6, 6.07) is 4.39. The van der Waals surface area contributed by atoms with Gasteiger partial charge in [-0.25, -0.2) is 4.79 Å². The lowest BCUT2D eigenvalue weighted by Crippen LogP contribution is -1.97. The second-order valence-corrected chi connectivity index (χ2v) is 2.52. The zero-order chi connectivity index (χ0) is 11.8. The van der Waals surface area contributed by atoms with Crippen LogP contribution in [-0.2, 0) is 0 Å². The summed E-state index contributed by atoms with van der Waals surface area (Å²) in [7, 11) is 3.53. The Morgan fingerprint density at radius 2 is 1.93 bits per heavy atom. The molecule has 0 aromatic heterocycles. The van der Waals surface area contributed by atoms with Gasteiger partial charge in [0.2, 0.25) is 0 Å². The summed E-state index contributed by atoms with van der Waals surface area (Å²) in [5, 5.41) is 8.67. The van der Waals surface area contributed by atoms with Crippen LogP contribution in [0.5, 0.6) is 11.5 Å². The second kappa shape index (κ2) is 7.07. The highest BCUT2D eigenvalue weighted by atomic mass is 31.0. The number of carboxylic acids is 1. The Bertz CT molecular complexity index is 325. The van der Waals surface area contributed by atoms with Crippen molar-refractivity contribution in [1.82, 2.24) is 0 Å². The molecule has 15 heavy (non-hydrogen) atoms. The van der Waals surface area contributed by atoms with Crippen molar-refractivity contribution < 1.29 is 19.2 Å². The van der Waals surface area contributed by atoms with E-state index >= 15 is 0 Å². The van der Waals surface area contributed by atoms with E-state index in [-0.39, 0.29) is 5.56 Å². The Balaban J connectivity index is 0.000000921. The fourth-order valence-electron chi connectivity index (χ4n) is 0.902. The molecule has 0 radical (unpaired) electrons. The third-order valence-electron chi connectivity index (χ3n) is 1.54. The lowest BCUT2D eigenvalue weighted by molar-refractivity contribution is 0.0696. The van der Waals surface area contributed by atoms with Crippen LogP contribution in [0.2, 0.25) is 0 Å². The summed E-state index contributed by atoms with van der Waals surface area (Å²) < 4.78 is 9.80. The lowest BCUT2D eigenvalue weighted by Gasteiger charge is -2.06. The first-order valence-electron chi connectivity index (χ1n) is 4.47. The van der Waals surface area contributed by atoms with E-state index in [4.69, 9.17) is 14.4 Å². The van der Waals surface area contributed by atoms with E-state index in [2.05, 4.69) is 0 Å². The van der Waals surface area contributed by atoms with Crippen LogP contribution in [0.3, 0.4) is 0 Å². The summed E-state index contributed by atoms with van der Waals surface area (Å²) in [5.41, 5.74) is 0.165. The highest BCUT2D eigenvalue weighted by molar-refractivity contribution is 7.10. The molecular weight excluding hydrogens is 215 g/mol. The van der Waals surface area contributed by atoms with Crippen LogP contribution in [0.25, 0.3) is 0 Å². The molecule has 1 unspecified atom stereocenters. The molecule has 0 bridgehead atoms. The molecule has 1 aromatic carbocycles. The molecule has 0 fully saturated rings. The van der Waals surface area contributed by atoms with Crippen LogP contribution in [0, 0.1) is 0 Å². The summed E-state index contributed by atoms with van der Waals surface area (Å²) >= 11 is 0. The molecule has 1 N–H and O–H groups in total. The van der Waals surface area contributed by atoms with E-state index in [0.29, 0.717) is 11.5 Å². The fourth-order valence-corrected chi connectivity index (χ4v) is 1.09. The Morgan fingerprint density at radius 3 is 2.33 bits per heavy atom. The van der Waals surface area contributed by atoms with E-state index in [0.717, 1.165) is 0 Å². The quantitative estimate of drug-likeness (QED) is 0.811. The van der Waals surface area contributed by atoms with Crippen LogP contribution in [0.4, 0.5) is 0 Å². The maximum absolute atomic E-state index is 10.6. The molecular formula is C10H15O4P. The van der Waals surface area contributed by atoms with Crippen molar-refractivity contribution in [2.75, 3.05) is 7.11 Å². The van der Waals surface area contributed by atoms with E-state index in [1.807, 2.05) is 23.3 Å². The van der Waals surface area contributed by atoms with Gasteiger partial charge in [0.05, 0.1) is 22.1 Å². The zero-order valence-electron chi connectivity index (χ0n) is 8.98. The zero-order valence-corrected chi connectivity index (χ0v) is 10.1. The van der Waals surface area contributed by atoms with Gasteiger partial charge in [-0.2, -0.15) is 0 Å². The monoisotopic (exact) mass is 230 g/mol. The Kier molecular flexibility index (Phi) is 6.47. The van der Waals surface area contributed by atoms with Crippen molar-refractivity contribution in [2.24, 2.45) is 0 Å². The van der Waals surface area contributed by atoms with Crippen molar-refractivity contribution in [2.45, 2.75) is 13.8 Å². The topological polar surface area (TPSA) is 55.8 Å². The van der Waals surface area contributed by atoms with Crippen LogP contribution in [0.15, 0.2) is 18.2 Å². The molecule has 0 heterocycles. The van der Waals surface area contributed by atoms with Gasteiger partial charge in [0.25, 0.3) is 0 Å². The first-order valence-corrected chi connectivity index (χ1v) is 4.94. The Morgan fingerprint density at radius 1 is 1.33 bits per heavy atom. The number of hydrogen-bond acceptors (Lipinski definition) is 3. The number of methoxy groups -OCH3 is 1. The third-order valence-corrected chi connectivity index (χ3v) is 1.79. The van der Waals surface area contributed by atoms with Gasteiger partial charge in [0.1, 0.15) is 0 Å². The number of carboxylic acid groups (broad SMARTS) is 1. The smallest absolute Gasteiger partial charge is 0.335 e. The maximum Gasteiger partial charge on any atom is 0.335 e. The second-order valence-electron chi connectivity index (χ2n) is 2.29. The Hall–Kier alpha value is -1.28. The first-order chi connectivity index (χ1) is 7.19. The van der Waals surface area contributed by atoms with Crippen molar-refractivity contribution in [3.05, 3.63) is 23.8 Å². The molecule has 4 nitrogen and oxygen atoms in total. The number of benzene rings is 1. The predicted molar refractivity (Wildman–Crippen MR) is 61.6 cm³/mol. The summed E-state index contributed by atoms with van der Waals surface area (Å²) in [5.74, 6) is -0.113. The number of aromatic carboxylic acids is 1. The van der Waals surface area contributed by atoms with Crippen molar-refractivity contribution >= 4 is 15.4 Å². The Labute approximate surface area is 91.5 Å². The van der Waals surface area contributed by atoms with Gasteiger partial charge in [-0.15, -0.1) is 0 Å². The van der Waals surface area contributed by atoms with Crippen LogP contribution in [-0.4, -0.2) is 18.2 Å². The van der Waals surface area contributed by atoms with Crippen LogP contribution >= 0.6 is 9.47 Å². The van der Waals surface area contributed by atoms with Crippen LogP contribution < -0.4 is 9.26 Å². The van der Waals surface area contributed by atoms with E-state index in [1.165, 1.54) is 19.2 Å². The van der Waals surface area contributed by atoms with E-state index < -0.39 is 5.97 Å². The van der Waals surface area contributed by atoms with Gasteiger partial charge < -0.3 is 14.4 Å². The van der Waals surface area contributed by atoms with Gasteiger partial charge in [-0.3, -0.25) is 0 Å². The fraction of sp³-hybridized carbons (Fsp3) is 0.300. The van der Waals surface area contributed by atoms with Gasteiger partial charge >= 0.3 is 5.97 Å². The molecule has 0 aliphatic carbocycles. The molecule has 0 saturated heterocycles. The lowest BCUT2D eigenvalue weighted by atomic mass is 10.2. The number of rotatable bonds is 3. The molecule has 0 spiro atoms. The molecule has 0 saturated carbocycles. The first kappa shape index (κ1) is 13.7. The van der Waals surface area contributed by atoms with Gasteiger partial charge in [0, 0.05) is 0 Å². The van der Waals surface area contributed by atoms with Gasteiger partial charge in [0.15, 0.2) is 11.5 Å². The van der Waals surface area contributed by atoms with E-state index in [1.54, 1.807) is 6.07 Å². The predicted octanol–water partition coefficient (Wildman–Crippen LogP) is 2.59. The van der Waals surface area contributed by atoms with Gasteiger partial charge in [-0.1, -0.05) is 13.8 Å². The molecule has 0 aliphatic heterocycles. The van der Waals surface area contributed by atoms with Gasteiger partial charge in [-0.05, 0) is 18.2 Å². The number of hydrogen-bond donors (Lipinski definition) is 1. The SMILES string of the molecule is CC.COc1ccc(C(=O)O)cc1OP. The van der Waals surface area contributed by atoms with E-state index in [9.17, 15) is 4.79 Å². The number of ether oxygens (including phenoxy) is 1. The standard InChI is InChI=1S/C8H9O4P.C2H6/c1-11-6-3-2-5(8(9)10)4-7(6)12-13;1-2/h2-4H,13H2,1H3,(H,9,10);1-2H3. The molecule has 1 atom stereocenters. The molecule has 84 valence electrons. The molecule has 1 rings (SSSR count). The maximum atomic E-state index is 10.6. The van der Waals surface area contributed by atoms with Crippen molar-refractivity contribution in [3.63, 3.8) is 0 Å². The largest absolute Gasteiger partial charge is 0.493 e.